The fourth-order valence-electron chi connectivity index (χ4n) is 9.76. The number of phosphoric ester groups is 1. The van der Waals surface area contributed by atoms with E-state index in [1.165, 1.54) is 193 Å². The number of likely N-dealkylation sites (N-methyl/N-ethyl adjacent to an activating group) is 1. The van der Waals surface area contributed by atoms with E-state index in [-0.39, 0.29) is 32.0 Å². The van der Waals surface area contributed by atoms with E-state index in [9.17, 15) is 19.0 Å². The van der Waals surface area contributed by atoms with Gasteiger partial charge in [-0.2, -0.15) is 0 Å². The number of rotatable bonds is 64. The van der Waals surface area contributed by atoms with Crippen molar-refractivity contribution in [1.29, 1.82) is 0 Å². The highest BCUT2D eigenvalue weighted by molar-refractivity contribution is 7.47. The molecule has 0 saturated heterocycles. The summed E-state index contributed by atoms with van der Waals surface area (Å²) in [6.07, 6.45) is 89.3. The van der Waals surface area contributed by atoms with Gasteiger partial charge in [0, 0.05) is 12.8 Å². The van der Waals surface area contributed by atoms with Gasteiger partial charge in [-0.3, -0.25) is 18.6 Å². The first-order valence-electron chi connectivity index (χ1n) is 35.0. The smallest absolute Gasteiger partial charge is 0.462 e. The maximum Gasteiger partial charge on any atom is 0.472 e. The Morgan fingerprint density at radius 2 is 0.679 bits per heavy atom. The molecular weight excluding hydrogens is 1060 g/mol. The summed E-state index contributed by atoms with van der Waals surface area (Å²) >= 11 is 0. The number of carbonyl (C=O) groups excluding carboxylic acids is 2. The number of hydrogen-bond donors (Lipinski definition) is 1. The van der Waals surface area contributed by atoms with Gasteiger partial charge in [0.15, 0.2) is 6.10 Å². The zero-order valence-electron chi connectivity index (χ0n) is 55.4. The molecule has 10 heteroatoms. The summed E-state index contributed by atoms with van der Waals surface area (Å²) in [7, 11) is 1.48. The largest absolute Gasteiger partial charge is 0.472 e. The first-order chi connectivity index (χ1) is 41.0. The molecule has 0 aliphatic rings. The predicted molar refractivity (Wildman–Crippen MR) is 362 cm³/mol. The minimum absolute atomic E-state index is 0.0289. The molecule has 0 spiro atoms. The number of allylic oxidation sites excluding steroid dienone is 16. The third-order valence-corrected chi connectivity index (χ3v) is 16.1. The Labute approximate surface area is 519 Å². The maximum atomic E-state index is 12.9. The van der Waals surface area contributed by atoms with Crippen LogP contribution in [0.3, 0.4) is 0 Å². The molecule has 0 heterocycles. The molecule has 0 aromatic heterocycles. The highest BCUT2D eigenvalue weighted by Gasteiger charge is 2.27. The molecule has 84 heavy (non-hydrogen) atoms. The molecule has 9 nitrogen and oxygen atoms in total. The highest BCUT2D eigenvalue weighted by atomic mass is 31.2. The molecule has 0 aromatic rings. The molecule has 486 valence electrons. The van der Waals surface area contributed by atoms with Crippen LogP contribution < -0.4 is 0 Å². The van der Waals surface area contributed by atoms with Gasteiger partial charge in [0.05, 0.1) is 27.7 Å². The van der Waals surface area contributed by atoms with Crippen molar-refractivity contribution < 1.29 is 42.1 Å². The molecule has 0 radical (unpaired) electrons. The van der Waals surface area contributed by atoms with E-state index in [2.05, 4.69) is 111 Å². The SMILES string of the molecule is CC/C=C\C/C=C\C/C=C\C/C=C\C/C=C\C/C=C\CCCCCCCCCCCCCCC(=O)OC(COC(=O)CCCCCCCCCCCCCCCCCCC/C=C\C/C=C\CCCCCCC)COP(=O)(O)OCC[N+](C)(C)C. The molecule has 0 rings (SSSR count). The van der Waals surface area contributed by atoms with Crippen molar-refractivity contribution in [3.8, 4) is 0 Å². The number of quaternary nitrogens is 1. The van der Waals surface area contributed by atoms with Crippen LogP contribution in [0.1, 0.15) is 309 Å². The standard InChI is InChI=1S/C74H132NO8P/c1-6-8-10-12-14-16-18-20-22-24-26-28-30-32-34-36-37-39-41-43-45-47-49-51-53-55-57-59-61-63-65-67-74(77)83-72(71-82-84(78,79)81-69-68-75(3,4)5)70-80-73(76)66-64-62-60-58-56-54-52-50-48-46-44-42-40-38-35-33-31-29-27-25-23-21-19-17-15-13-11-9-7-2/h8,10,14,16,19-22,25-28,32,34,37,39,72H,6-7,9,11-13,15,17-18,23-24,29-31,33,35-36,38,40-71H2,1-5H3/p+1/b10-8-,16-14-,21-19-,22-20-,27-25-,28-26-,34-32-,39-37-. The lowest BCUT2D eigenvalue weighted by Crippen LogP contribution is -2.37. The van der Waals surface area contributed by atoms with Gasteiger partial charge in [0.25, 0.3) is 0 Å². The van der Waals surface area contributed by atoms with Crippen LogP contribution in [0.2, 0.25) is 0 Å². The van der Waals surface area contributed by atoms with Crippen molar-refractivity contribution in [2.45, 2.75) is 315 Å². The topological polar surface area (TPSA) is 108 Å². The Hall–Kier alpha value is -3.07. The first kappa shape index (κ1) is 80.9. The Bertz CT molecular complexity index is 1740. The number of ether oxygens (including phenoxy) is 2. The van der Waals surface area contributed by atoms with Crippen LogP contribution in [0, 0.1) is 0 Å². The molecule has 0 saturated carbocycles. The van der Waals surface area contributed by atoms with Crippen LogP contribution in [0.4, 0.5) is 0 Å². The Balaban J connectivity index is 4.06. The van der Waals surface area contributed by atoms with Gasteiger partial charge < -0.3 is 18.9 Å². The van der Waals surface area contributed by atoms with Crippen LogP contribution >= 0.6 is 7.82 Å². The second-order valence-electron chi connectivity index (χ2n) is 24.5. The van der Waals surface area contributed by atoms with Gasteiger partial charge in [-0.15, -0.1) is 0 Å². The van der Waals surface area contributed by atoms with Crippen LogP contribution in [0.25, 0.3) is 0 Å². The third kappa shape index (κ3) is 68.0. The normalized spacial score (nSPS) is 13.7. The van der Waals surface area contributed by atoms with Gasteiger partial charge >= 0.3 is 19.8 Å². The van der Waals surface area contributed by atoms with Crippen molar-refractivity contribution in [2.24, 2.45) is 0 Å². The first-order valence-corrected chi connectivity index (χ1v) is 36.5. The lowest BCUT2D eigenvalue weighted by Gasteiger charge is -2.24. The second-order valence-corrected chi connectivity index (χ2v) is 26.0. The second kappa shape index (κ2) is 64.4. The minimum Gasteiger partial charge on any atom is -0.462 e. The molecule has 0 amide bonds. The summed E-state index contributed by atoms with van der Waals surface area (Å²) in [5, 5.41) is 0. The zero-order valence-corrected chi connectivity index (χ0v) is 56.3. The van der Waals surface area contributed by atoms with Crippen molar-refractivity contribution in [3.05, 3.63) is 97.2 Å². The fourth-order valence-corrected chi connectivity index (χ4v) is 10.5. The van der Waals surface area contributed by atoms with E-state index in [0.717, 1.165) is 83.5 Å². The number of phosphoric acid groups is 1. The molecule has 2 unspecified atom stereocenters. The average molecular weight is 1200 g/mol. The predicted octanol–water partition coefficient (Wildman–Crippen LogP) is 22.7. The van der Waals surface area contributed by atoms with Gasteiger partial charge in [-0.05, 0) is 96.3 Å². The van der Waals surface area contributed by atoms with Crippen LogP contribution in [0.5, 0.6) is 0 Å². The van der Waals surface area contributed by atoms with Crippen molar-refractivity contribution in [3.63, 3.8) is 0 Å². The van der Waals surface area contributed by atoms with E-state index in [1.54, 1.807) is 0 Å². The highest BCUT2D eigenvalue weighted by Crippen LogP contribution is 2.43. The summed E-state index contributed by atoms with van der Waals surface area (Å²) in [4.78, 5) is 35.9. The number of nitrogens with zero attached hydrogens (tertiary/aromatic N) is 1. The minimum atomic E-state index is -4.40. The maximum absolute atomic E-state index is 12.9. The Morgan fingerprint density at radius 3 is 1.01 bits per heavy atom. The lowest BCUT2D eigenvalue weighted by molar-refractivity contribution is -0.870. The third-order valence-electron chi connectivity index (χ3n) is 15.1. The quantitative estimate of drug-likeness (QED) is 0.0211. The fraction of sp³-hybridized carbons (Fsp3) is 0.757. The number of carbonyl (C=O) groups is 2. The van der Waals surface area contributed by atoms with Gasteiger partial charge in [0.2, 0.25) is 0 Å². The summed E-state index contributed by atoms with van der Waals surface area (Å²) in [6.45, 7) is 4.34. The molecule has 0 fully saturated rings. The van der Waals surface area contributed by atoms with E-state index in [4.69, 9.17) is 18.5 Å². The molecule has 2 atom stereocenters. The van der Waals surface area contributed by atoms with E-state index < -0.39 is 26.5 Å². The summed E-state index contributed by atoms with van der Waals surface area (Å²) in [5.41, 5.74) is 0. The lowest BCUT2D eigenvalue weighted by atomic mass is 10.0. The zero-order chi connectivity index (χ0) is 61.2. The summed E-state index contributed by atoms with van der Waals surface area (Å²) < 4.78 is 34.7. The van der Waals surface area contributed by atoms with Gasteiger partial charge in [-0.25, -0.2) is 4.57 Å². The summed E-state index contributed by atoms with van der Waals surface area (Å²) in [6, 6.07) is 0. The molecule has 0 aromatic carbocycles. The van der Waals surface area contributed by atoms with E-state index in [0.29, 0.717) is 17.4 Å². The Kier molecular flexibility index (Phi) is 62.1. The Morgan fingerprint density at radius 1 is 0.381 bits per heavy atom. The molecule has 0 aliphatic carbocycles. The molecule has 0 aliphatic heterocycles. The van der Waals surface area contributed by atoms with Gasteiger partial charge in [0.1, 0.15) is 19.8 Å². The van der Waals surface area contributed by atoms with Crippen molar-refractivity contribution in [2.75, 3.05) is 47.5 Å². The number of unbranched alkanes of at least 4 members (excludes halogenated alkanes) is 34. The number of esters is 2. The van der Waals surface area contributed by atoms with Crippen LogP contribution in [-0.4, -0.2) is 74.9 Å². The van der Waals surface area contributed by atoms with Crippen molar-refractivity contribution >= 4 is 19.8 Å². The monoisotopic (exact) mass is 1190 g/mol. The molecule has 1 N–H and O–H groups in total. The average Bonchev–Trinajstić information content (AvgIpc) is 3.61. The van der Waals surface area contributed by atoms with Crippen LogP contribution in [-0.2, 0) is 32.7 Å². The van der Waals surface area contributed by atoms with Crippen LogP contribution in [0.15, 0.2) is 97.2 Å². The number of hydrogen-bond acceptors (Lipinski definition) is 7. The molecule has 0 bridgehead atoms. The van der Waals surface area contributed by atoms with E-state index >= 15 is 0 Å². The van der Waals surface area contributed by atoms with Crippen molar-refractivity contribution in [1.82, 2.24) is 0 Å². The van der Waals surface area contributed by atoms with E-state index in [1.807, 2.05) is 21.1 Å². The molecular formula is C74H133NO8P+. The van der Waals surface area contributed by atoms with Gasteiger partial charge in [-0.1, -0.05) is 297 Å². The summed E-state index contributed by atoms with van der Waals surface area (Å²) in [5.74, 6) is -0.792.